The zero-order chi connectivity index (χ0) is 15.9. The van der Waals surface area contributed by atoms with Gasteiger partial charge in [0.15, 0.2) is 0 Å². The first-order chi connectivity index (χ1) is 10.6. The van der Waals surface area contributed by atoms with Gasteiger partial charge in [-0.2, -0.15) is 0 Å². The molecule has 5 nitrogen and oxygen atoms in total. The summed E-state index contributed by atoms with van der Waals surface area (Å²) in [4.78, 5) is 27.3. The summed E-state index contributed by atoms with van der Waals surface area (Å²) in [6.45, 7) is 5.48. The molecule has 1 aliphatic rings. The number of thiophene rings is 1. The van der Waals surface area contributed by atoms with Gasteiger partial charge in [0.05, 0.1) is 9.75 Å². The summed E-state index contributed by atoms with van der Waals surface area (Å²) in [5, 5.41) is 5.71. The molecule has 122 valence electrons. The van der Waals surface area contributed by atoms with Crippen LogP contribution in [0.25, 0.3) is 0 Å². The largest absolute Gasteiger partial charge is 0.352 e. The van der Waals surface area contributed by atoms with Crippen molar-refractivity contribution in [2.75, 3.05) is 33.2 Å². The quantitative estimate of drug-likeness (QED) is 0.841. The number of hydrogen-bond acceptors (Lipinski definition) is 4. The van der Waals surface area contributed by atoms with Crippen molar-refractivity contribution in [3.8, 4) is 0 Å². The second-order valence-corrected chi connectivity index (χ2v) is 6.90. The van der Waals surface area contributed by atoms with Crippen molar-refractivity contribution in [3.63, 3.8) is 0 Å². The Balaban J connectivity index is 1.74. The normalized spacial score (nSPS) is 16.5. The minimum atomic E-state index is -0.113. The van der Waals surface area contributed by atoms with Gasteiger partial charge in [-0.1, -0.05) is 0 Å². The Kier molecular flexibility index (Phi) is 6.39. The van der Waals surface area contributed by atoms with E-state index < -0.39 is 0 Å². The van der Waals surface area contributed by atoms with E-state index in [0.717, 1.165) is 19.5 Å². The molecular weight excluding hydrogens is 298 g/mol. The van der Waals surface area contributed by atoms with Crippen LogP contribution in [0.1, 0.15) is 45.5 Å². The molecule has 1 saturated heterocycles. The second-order valence-electron chi connectivity index (χ2n) is 5.81. The third kappa shape index (κ3) is 4.81. The Morgan fingerprint density at radius 1 is 1.18 bits per heavy atom. The Bertz CT molecular complexity index is 507. The summed E-state index contributed by atoms with van der Waals surface area (Å²) in [7, 11) is 2.15. The lowest BCUT2D eigenvalue weighted by atomic mass is 9.94. The highest BCUT2D eigenvalue weighted by molar-refractivity contribution is 7.15. The first-order valence-corrected chi connectivity index (χ1v) is 8.76. The number of likely N-dealkylation sites (tertiary alicyclic amines) is 1. The van der Waals surface area contributed by atoms with Gasteiger partial charge in [0.1, 0.15) is 0 Å². The van der Waals surface area contributed by atoms with E-state index in [1.54, 1.807) is 12.1 Å². The summed E-state index contributed by atoms with van der Waals surface area (Å²) in [5.41, 5.74) is 0. The fourth-order valence-electron chi connectivity index (χ4n) is 2.66. The van der Waals surface area contributed by atoms with Crippen LogP contribution < -0.4 is 10.6 Å². The summed E-state index contributed by atoms with van der Waals surface area (Å²) in [5.74, 6) is 0.525. The molecule has 6 heteroatoms. The number of hydrogen-bond donors (Lipinski definition) is 2. The van der Waals surface area contributed by atoms with Gasteiger partial charge in [-0.25, -0.2) is 0 Å². The monoisotopic (exact) mass is 323 g/mol. The summed E-state index contributed by atoms with van der Waals surface area (Å²) in [6, 6.07) is 3.43. The van der Waals surface area contributed by atoms with Crippen molar-refractivity contribution < 1.29 is 9.59 Å². The molecule has 0 unspecified atom stereocenters. The molecule has 2 rings (SSSR count). The van der Waals surface area contributed by atoms with Gasteiger partial charge in [0, 0.05) is 13.1 Å². The third-order valence-electron chi connectivity index (χ3n) is 4.07. The molecule has 2 N–H and O–H groups in total. The zero-order valence-electron chi connectivity index (χ0n) is 13.4. The molecule has 0 atom stereocenters. The Morgan fingerprint density at radius 3 is 2.36 bits per heavy atom. The number of carbonyl (C=O) groups is 2. The maximum atomic E-state index is 12.1. The van der Waals surface area contributed by atoms with E-state index in [-0.39, 0.29) is 11.8 Å². The predicted octanol–water partition coefficient (Wildman–Crippen LogP) is 1.96. The van der Waals surface area contributed by atoms with Crippen LogP contribution in [-0.2, 0) is 0 Å². The van der Waals surface area contributed by atoms with Gasteiger partial charge < -0.3 is 15.5 Å². The lowest BCUT2D eigenvalue weighted by Gasteiger charge is -2.28. The number of nitrogens with one attached hydrogen (secondary N) is 2. The topological polar surface area (TPSA) is 61.4 Å². The summed E-state index contributed by atoms with van der Waals surface area (Å²) >= 11 is 1.24. The third-order valence-corrected chi connectivity index (χ3v) is 5.15. The average molecular weight is 323 g/mol. The molecule has 2 amide bonds. The lowest BCUT2D eigenvalue weighted by Crippen LogP contribution is -2.32. The number of nitrogens with zero attached hydrogens (tertiary/aromatic N) is 1. The molecule has 1 aromatic rings. The summed E-state index contributed by atoms with van der Waals surface area (Å²) < 4.78 is 0. The molecule has 0 bridgehead atoms. The van der Waals surface area contributed by atoms with Gasteiger partial charge in [-0.05, 0) is 64.4 Å². The average Bonchev–Trinajstić information content (AvgIpc) is 2.99. The smallest absolute Gasteiger partial charge is 0.261 e. The molecule has 0 aliphatic carbocycles. The Hall–Kier alpha value is -1.40. The predicted molar refractivity (Wildman–Crippen MR) is 89.5 cm³/mol. The van der Waals surface area contributed by atoms with Crippen molar-refractivity contribution in [3.05, 3.63) is 21.9 Å². The Labute approximate surface area is 136 Å². The molecule has 0 radical (unpaired) electrons. The maximum absolute atomic E-state index is 12.1. The molecule has 0 saturated carbocycles. The number of rotatable bonds is 6. The van der Waals surface area contributed by atoms with Crippen molar-refractivity contribution in [2.45, 2.75) is 26.2 Å². The molecule has 0 spiro atoms. The molecule has 1 aliphatic heterocycles. The lowest BCUT2D eigenvalue weighted by molar-refractivity contribution is 0.0948. The second kappa shape index (κ2) is 8.29. The first kappa shape index (κ1) is 17.0. The van der Waals surface area contributed by atoms with Crippen LogP contribution in [-0.4, -0.2) is 49.9 Å². The van der Waals surface area contributed by atoms with Crippen molar-refractivity contribution >= 4 is 23.2 Å². The van der Waals surface area contributed by atoms with Crippen LogP contribution in [0.2, 0.25) is 0 Å². The molecule has 0 aromatic carbocycles. The van der Waals surface area contributed by atoms with E-state index in [1.165, 1.54) is 24.2 Å². The van der Waals surface area contributed by atoms with E-state index in [2.05, 4.69) is 22.6 Å². The van der Waals surface area contributed by atoms with Gasteiger partial charge >= 0.3 is 0 Å². The van der Waals surface area contributed by atoms with Gasteiger partial charge in [-0.15, -0.1) is 11.3 Å². The number of carbonyl (C=O) groups excluding carboxylic acids is 2. The van der Waals surface area contributed by atoms with Gasteiger partial charge in [0.25, 0.3) is 11.8 Å². The van der Waals surface area contributed by atoms with Gasteiger partial charge in [-0.3, -0.25) is 9.59 Å². The molecular formula is C16H25N3O2S. The molecule has 2 heterocycles. The number of piperidine rings is 1. The fraction of sp³-hybridized carbons (Fsp3) is 0.625. The van der Waals surface area contributed by atoms with Crippen molar-refractivity contribution in [1.29, 1.82) is 0 Å². The minimum absolute atomic E-state index is 0.0755. The number of amides is 2. The molecule has 1 fully saturated rings. The van der Waals surface area contributed by atoms with Gasteiger partial charge in [0.2, 0.25) is 0 Å². The first-order valence-electron chi connectivity index (χ1n) is 7.95. The van der Waals surface area contributed by atoms with E-state index >= 15 is 0 Å². The van der Waals surface area contributed by atoms with E-state index in [4.69, 9.17) is 0 Å². The highest BCUT2D eigenvalue weighted by Crippen LogP contribution is 2.19. The van der Waals surface area contributed by atoms with Crippen LogP contribution in [0.4, 0.5) is 0 Å². The van der Waals surface area contributed by atoms with Crippen molar-refractivity contribution in [2.24, 2.45) is 5.92 Å². The SMILES string of the molecule is CCNC(=O)c1ccc(C(=O)NCCC2CCN(C)CC2)s1. The van der Waals surface area contributed by atoms with Crippen LogP contribution in [0.5, 0.6) is 0 Å². The minimum Gasteiger partial charge on any atom is -0.352 e. The van der Waals surface area contributed by atoms with E-state index in [9.17, 15) is 9.59 Å². The van der Waals surface area contributed by atoms with E-state index in [0.29, 0.717) is 28.8 Å². The molecule has 1 aromatic heterocycles. The zero-order valence-corrected chi connectivity index (χ0v) is 14.2. The van der Waals surface area contributed by atoms with Crippen molar-refractivity contribution in [1.82, 2.24) is 15.5 Å². The highest BCUT2D eigenvalue weighted by atomic mass is 32.1. The highest BCUT2D eigenvalue weighted by Gasteiger charge is 2.17. The maximum Gasteiger partial charge on any atom is 0.261 e. The van der Waals surface area contributed by atoms with Crippen LogP contribution in [0, 0.1) is 5.92 Å². The summed E-state index contributed by atoms with van der Waals surface area (Å²) in [6.07, 6.45) is 3.47. The fourth-order valence-corrected chi connectivity index (χ4v) is 3.50. The van der Waals surface area contributed by atoms with Crippen LogP contribution in [0.3, 0.4) is 0 Å². The Morgan fingerprint density at radius 2 is 1.77 bits per heavy atom. The van der Waals surface area contributed by atoms with E-state index in [1.807, 2.05) is 6.92 Å². The molecule has 22 heavy (non-hydrogen) atoms. The van der Waals surface area contributed by atoms with Crippen LogP contribution in [0.15, 0.2) is 12.1 Å². The standard InChI is InChI=1S/C16H25N3O2S/c1-3-17-15(20)13-4-5-14(22-13)16(21)18-9-6-12-7-10-19(2)11-8-12/h4-5,12H,3,6-11H2,1-2H3,(H,17,20)(H,18,21). The van der Waals surface area contributed by atoms with Crippen LogP contribution >= 0.6 is 11.3 Å².